The van der Waals surface area contributed by atoms with Crippen LogP contribution in [0.5, 0.6) is 46.0 Å². The molecule has 0 saturated carbocycles. The van der Waals surface area contributed by atoms with Gasteiger partial charge in [-0.25, -0.2) is 9.97 Å². The van der Waals surface area contributed by atoms with Crippen LogP contribution in [0.15, 0.2) is 340 Å². The third kappa shape index (κ3) is 23.9. The van der Waals surface area contributed by atoms with Gasteiger partial charge in [-0.05, 0) is 166 Å². The van der Waals surface area contributed by atoms with Crippen molar-refractivity contribution in [2.75, 3.05) is 52.9 Å². The van der Waals surface area contributed by atoms with Gasteiger partial charge in [0.2, 0.25) is 0 Å². The van der Waals surface area contributed by atoms with Crippen LogP contribution in [-0.2, 0) is 17.1 Å². The summed E-state index contributed by atoms with van der Waals surface area (Å²) in [5, 5.41) is 2.41. The summed E-state index contributed by atoms with van der Waals surface area (Å²) in [4.78, 5) is 44.3. The van der Waals surface area contributed by atoms with E-state index < -0.39 is 0 Å². The zero-order valence-electron chi connectivity index (χ0n) is 71.4. The summed E-state index contributed by atoms with van der Waals surface area (Å²) in [6.07, 6.45) is 38.4. The van der Waals surface area contributed by atoms with Crippen molar-refractivity contribution in [3.05, 3.63) is 384 Å². The average molecular weight is 1750 g/mol. The Morgan fingerprint density at radius 2 is 0.333 bits per heavy atom. The molecule has 1 radical (unpaired) electrons. The van der Waals surface area contributed by atoms with Crippen molar-refractivity contribution in [1.82, 2.24) is 39.9 Å². The van der Waals surface area contributed by atoms with E-state index in [1.54, 1.807) is 0 Å². The minimum absolute atomic E-state index is 0. The molecule has 0 saturated heterocycles. The van der Waals surface area contributed by atoms with Crippen LogP contribution in [0.2, 0.25) is 0 Å². The fourth-order valence-corrected chi connectivity index (χ4v) is 14.8. The van der Waals surface area contributed by atoms with E-state index in [-0.39, 0.29) is 63.0 Å². The summed E-state index contributed by atoms with van der Waals surface area (Å²) >= 11 is 0. The number of hydrogen-bond acceptors (Lipinski definition) is 14. The Balaban J connectivity index is 0.0000122. The standard InChI is InChI=1S/C112H96N8O8.Cu/c1-9-41-81(42-10-1)57-25-33-65-121-97-73-89-90(74-98(97)122-66-34-26-58-82-43-11-2-12-44-82)106-113-105(89)117-107-91-75-99(123-67-35-27-59-83-45-13-3-14-46-83)100(124-68-36-28-60-84-47-15-4-16-48-84)76-92(91)109(114-107)119-111-95-79-103(127-71-39-31-63-87-53-21-7-22-54-87)104(128-72-40-32-64-88-55-23-8-24-56-88)80-96(95)112(116-111)120-110-94-78-102(126-70-38-30-62-86-51-19-6-20-52-86)101(77-93(94)108(115-110)118-106)125-69-37-29-61-85-49-17-5-18-50-85;/h1-32,41-64,73-80H,33-40,65-72H2;/q-2;+2/b57-25+,58-26+,59-27+,60-28+,61-29+,62-30+,63-31+,64-32+;. The molecule has 5 heterocycles. The molecule has 15 aromatic rings. The van der Waals surface area contributed by atoms with E-state index in [0.29, 0.717) is 194 Å². The Hall–Kier alpha value is -15.2. The molecule has 17 heteroatoms. The summed E-state index contributed by atoms with van der Waals surface area (Å²) in [7, 11) is 0. The first-order chi connectivity index (χ1) is 63.5. The second-order valence-corrected chi connectivity index (χ2v) is 30.5. The van der Waals surface area contributed by atoms with E-state index in [2.05, 4.69) is 194 Å². The largest absolute Gasteiger partial charge is 2.00 e. The Morgan fingerprint density at radius 1 is 0.186 bits per heavy atom. The molecular weight excluding hydrogens is 1650 g/mol. The molecule has 0 fully saturated rings. The minimum atomic E-state index is 0. The Kier molecular flexibility index (Phi) is 30.6. The van der Waals surface area contributed by atoms with Crippen LogP contribution < -0.4 is 47.9 Å². The van der Waals surface area contributed by atoms with Gasteiger partial charge < -0.3 is 67.8 Å². The van der Waals surface area contributed by atoms with Crippen LogP contribution in [0.3, 0.4) is 0 Å². The first-order valence-corrected chi connectivity index (χ1v) is 43.7. The van der Waals surface area contributed by atoms with E-state index in [0.717, 1.165) is 44.5 Å². The summed E-state index contributed by atoms with van der Waals surface area (Å²) < 4.78 is 55.0. The summed E-state index contributed by atoms with van der Waals surface area (Å²) in [5.74, 6) is 5.03. The number of benzene rings is 12. The molecule has 0 N–H and O–H groups in total. The fraction of sp³-hybridized carbons (Fsp3) is 0.143. The number of rotatable bonds is 40. The van der Waals surface area contributed by atoms with E-state index >= 15 is 0 Å². The van der Waals surface area contributed by atoms with Gasteiger partial charge in [-0.3, -0.25) is 0 Å². The minimum Gasteiger partial charge on any atom is -0.489 e. The van der Waals surface area contributed by atoms with Gasteiger partial charge in [0.1, 0.15) is 0 Å². The van der Waals surface area contributed by atoms with Crippen molar-refractivity contribution < 1.29 is 55.0 Å². The monoisotopic (exact) mass is 1740 g/mol. The van der Waals surface area contributed by atoms with Crippen LogP contribution in [-0.4, -0.2) is 82.8 Å². The van der Waals surface area contributed by atoms with Gasteiger partial charge in [-0.2, -0.15) is 0 Å². The SMILES string of the molecule is C(=C\c1ccccc1)/CCOc1cc2c(cc1OCC/C=C/c1ccccc1)-c1nc-2nc2[n-]c(nc3nc(nc4[n-]c(n1)c1cc(OCC/C=C/c5ccccc5)c(OCC/C=C/c5ccccc5)cc41)-c1cc(OCC/C=C/c4ccccc4)c(OCC/C=C/c4ccccc4)cc1-3)c1cc(OCC/C=C/c3ccccc3)c(OCC/C=C/c3ccccc3)cc21.[Cu+2]. The summed E-state index contributed by atoms with van der Waals surface area (Å²) in [6.45, 7) is 2.57. The number of fused-ring (bicyclic) bond motifs is 20. The first-order valence-electron chi connectivity index (χ1n) is 43.7. The Bertz CT molecular complexity index is 5890. The Labute approximate surface area is 762 Å². The molecule has 3 aromatic heterocycles. The van der Waals surface area contributed by atoms with Crippen molar-refractivity contribution in [2.45, 2.75) is 51.4 Å². The second-order valence-electron chi connectivity index (χ2n) is 30.5. The third-order valence-corrected chi connectivity index (χ3v) is 21.2. The zero-order chi connectivity index (χ0) is 86.4. The van der Waals surface area contributed by atoms with Crippen molar-refractivity contribution in [1.29, 1.82) is 0 Å². The molecule has 16 nitrogen and oxygen atoms in total. The summed E-state index contributed by atoms with van der Waals surface area (Å²) in [6, 6.07) is 97.4. The molecule has 2 aliphatic heterocycles. The molecule has 0 atom stereocenters. The number of ether oxygens (including phenoxy) is 8. The van der Waals surface area contributed by atoms with Crippen molar-refractivity contribution in [2.24, 2.45) is 0 Å². The average Bonchev–Trinajstić information content (AvgIpc) is 1.60. The zero-order valence-corrected chi connectivity index (χ0v) is 72.4. The normalized spacial score (nSPS) is 11.9. The molecule has 0 spiro atoms. The molecular formula is C112H96CuN8O8. The van der Waals surface area contributed by atoms with E-state index in [9.17, 15) is 0 Å². The molecule has 17 rings (SSSR count). The molecule has 129 heavy (non-hydrogen) atoms. The van der Waals surface area contributed by atoms with Crippen LogP contribution in [0.25, 0.3) is 138 Å². The molecule has 2 aliphatic rings. The van der Waals surface area contributed by atoms with Crippen LogP contribution in [0, 0.1) is 0 Å². The maximum atomic E-state index is 6.87. The predicted molar refractivity (Wildman–Crippen MR) is 519 cm³/mol. The number of nitrogens with zero attached hydrogens (tertiary/aromatic N) is 8. The molecule has 643 valence electrons. The van der Waals surface area contributed by atoms with Gasteiger partial charge in [0.15, 0.2) is 46.0 Å². The topological polar surface area (TPSA) is 179 Å². The predicted octanol–water partition coefficient (Wildman–Crippen LogP) is 26.0. The van der Waals surface area contributed by atoms with E-state index in [1.165, 1.54) is 0 Å². The second kappa shape index (κ2) is 45.1. The van der Waals surface area contributed by atoms with Gasteiger partial charge in [-0.1, -0.05) is 340 Å². The quantitative estimate of drug-likeness (QED) is 0.0261. The Morgan fingerprint density at radius 3 is 0.488 bits per heavy atom. The molecule has 12 aromatic carbocycles. The number of hydrogen-bond donors (Lipinski definition) is 0. The van der Waals surface area contributed by atoms with Crippen LogP contribution in [0.4, 0.5) is 0 Å². The van der Waals surface area contributed by atoms with Gasteiger partial charge in [0.05, 0.1) is 76.2 Å². The maximum absolute atomic E-state index is 6.87. The third-order valence-electron chi connectivity index (χ3n) is 21.2. The first kappa shape index (κ1) is 87.3. The molecule has 0 aliphatic carbocycles. The van der Waals surface area contributed by atoms with Crippen molar-refractivity contribution in [3.8, 4) is 91.5 Å². The van der Waals surface area contributed by atoms with Crippen LogP contribution >= 0.6 is 0 Å². The number of aromatic nitrogens is 8. The van der Waals surface area contributed by atoms with Gasteiger partial charge in [-0.15, -0.1) is 0 Å². The van der Waals surface area contributed by atoms with Crippen molar-refractivity contribution >= 4 is 92.7 Å². The van der Waals surface area contributed by atoms with Gasteiger partial charge >= 0.3 is 17.1 Å². The maximum Gasteiger partial charge on any atom is 2.00 e. The molecule has 0 amide bonds. The van der Waals surface area contributed by atoms with Gasteiger partial charge in [0, 0.05) is 44.8 Å². The van der Waals surface area contributed by atoms with Crippen LogP contribution in [0.1, 0.15) is 95.9 Å². The van der Waals surface area contributed by atoms with E-state index in [4.69, 9.17) is 77.8 Å². The molecule has 8 bridgehead atoms. The van der Waals surface area contributed by atoms with E-state index in [1.807, 2.05) is 194 Å². The molecule has 0 unspecified atom stereocenters. The summed E-state index contributed by atoms with van der Waals surface area (Å²) in [5.41, 5.74) is 12.3. The smallest absolute Gasteiger partial charge is 0.489 e. The van der Waals surface area contributed by atoms with Gasteiger partial charge in [0.25, 0.3) is 0 Å². The van der Waals surface area contributed by atoms with Crippen molar-refractivity contribution in [3.63, 3.8) is 0 Å². The fourth-order valence-electron chi connectivity index (χ4n) is 14.8.